The van der Waals surface area contributed by atoms with Gasteiger partial charge in [-0.1, -0.05) is 85.4 Å². The molecule has 8 nitrogen and oxygen atoms in total. The van der Waals surface area contributed by atoms with E-state index in [2.05, 4.69) is 39.4 Å². The van der Waals surface area contributed by atoms with E-state index < -0.39 is 73.0 Å². The quantitative estimate of drug-likeness (QED) is 0.158. The third kappa shape index (κ3) is 12.7. The van der Waals surface area contributed by atoms with E-state index in [0.29, 0.717) is 45.8 Å². The molecular formula is C65H98F6O8S2. The molecule has 9 aliphatic rings. The Hall–Kier alpha value is -2.24. The van der Waals surface area contributed by atoms with Crippen LogP contribution >= 0.6 is 0 Å². The first kappa shape index (κ1) is 64.8. The smallest absolute Gasteiger partial charge is 0.390 e. The molecule has 2 aromatic rings. The second-order valence-corrected chi connectivity index (χ2v) is 33.4. The van der Waals surface area contributed by atoms with Crippen molar-refractivity contribution in [3.8, 4) is 0 Å². The number of fused-ring (bicyclic) bond motifs is 10. The summed E-state index contributed by atoms with van der Waals surface area (Å²) < 4.78 is 132. The van der Waals surface area contributed by atoms with Crippen LogP contribution in [0.4, 0.5) is 26.3 Å². The fourth-order valence-electron chi connectivity index (χ4n) is 20.2. The third-order valence-corrected chi connectivity index (χ3v) is 28.9. The van der Waals surface area contributed by atoms with Gasteiger partial charge in [-0.3, -0.25) is 0 Å². The number of hydrogen-bond donors (Lipinski definition) is 3. The van der Waals surface area contributed by atoms with Crippen LogP contribution in [-0.2, 0) is 24.4 Å². The van der Waals surface area contributed by atoms with Gasteiger partial charge in [0, 0.05) is 0 Å². The Labute approximate surface area is 482 Å². The minimum absolute atomic E-state index is 0. The highest BCUT2D eigenvalue weighted by atomic mass is 32.2. The Morgan fingerprint density at radius 2 is 0.988 bits per heavy atom. The van der Waals surface area contributed by atoms with Crippen molar-refractivity contribution in [3.05, 3.63) is 60.7 Å². The van der Waals surface area contributed by atoms with Crippen LogP contribution in [0.1, 0.15) is 185 Å². The zero-order valence-corrected chi connectivity index (χ0v) is 50.4. The van der Waals surface area contributed by atoms with Crippen LogP contribution in [-0.4, -0.2) is 85.5 Å². The summed E-state index contributed by atoms with van der Waals surface area (Å²) in [5.41, 5.74) is -0.348. The zero-order chi connectivity index (χ0) is 58.4. The monoisotopic (exact) mass is 1180 g/mol. The number of hydrogen-bond acceptors (Lipinski definition) is 8. The maximum atomic E-state index is 13.8. The van der Waals surface area contributed by atoms with Gasteiger partial charge < -0.3 is 20.1 Å². The highest BCUT2D eigenvalue weighted by molar-refractivity contribution is 7.92. The lowest BCUT2D eigenvalue weighted by molar-refractivity contribution is -0.206. The van der Waals surface area contributed by atoms with E-state index in [1.807, 2.05) is 39.0 Å². The van der Waals surface area contributed by atoms with E-state index in [1.54, 1.807) is 30.3 Å². The molecule has 460 valence electrons. The SMILES string of the molecule is C.C[C@H](C(CC(O)C(F)(F)F)S(=O)(=O)c1ccccc1)[C@H]1CC[C@H]2[C@@H]3CC[C@H]4C[C@@](C)(O)CC[C@]4(C)[C@H]3CC[C@]12C.C[C@H](CS(=O)(=O)c1ccccc1)[C@H]1CC[C@H]2[C@@H]3CC[C@H]4C[C@@](C)(O)CC[C@]4(C)[C@H]3CC[C@]12C.FC(F)(F)C1CO1. The number of ether oxygens (including phenoxy) is 1. The standard InChI is InChI=1S/C32H47F3O4S.C29H44O3S.C3H3F3O.CH4/c1-20(27(18-28(36)32(33,34)35)40(38,39)22-8-6-5-7-9-22)24-12-13-25-23-11-10-21-19-29(2,37)16-17-30(21,3)26(23)14-15-31(24,25)4;1-20(19-33(31,32)22-8-6-5-7-9-22)24-12-13-25-23-11-10-21-18-27(2,30)16-17-28(21,3)26(23)14-15-29(24,25)4;4-3(5,6)2-1-7-2;/h5-9,20-21,23-28,36-37H,10-19H2,1-4H3;5-9,20-21,23-26,30H,10-19H2,1-4H3;2H,1H2;1H4/t20-,21-,23-,24+,25-,26-,27?,28?,29-,30-,31+;20-,21+,23+,24-,25+,26+,27+,28+,29-;;/m01../s1. The van der Waals surface area contributed by atoms with Gasteiger partial charge in [-0.25, -0.2) is 16.8 Å². The van der Waals surface area contributed by atoms with E-state index in [1.165, 1.54) is 57.1 Å². The van der Waals surface area contributed by atoms with Crippen molar-refractivity contribution in [2.24, 2.45) is 92.7 Å². The molecule has 8 aliphatic carbocycles. The summed E-state index contributed by atoms with van der Waals surface area (Å²) in [6.45, 7) is 17.6. The van der Waals surface area contributed by atoms with E-state index in [4.69, 9.17) is 0 Å². The summed E-state index contributed by atoms with van der Waals surface area (Å²) in [6.07, 6.45) is 5.43. The van der Waals surface area contributed by atoms with Crippen molar-refractivity contribution in [2.75, 3.05) is 12.4 Å². The average Bonchev–Trinajstić information content (AvgIpc) is 4.04. The Balaban J connectivity index is 0.000000190. The Bertz CT molecular complexity index is 2680. The molecule has 0 aromatic heterocycles. The number of benzene rings is 2. The maximum absolute atomic E-state index is 13.8. The Kier molecular flexibility index (Phi) is 18.5. The van der Waals surface area contributed by atoms with Crippen LogP contribution < -0.4 is 0 Å². The summed E-state index contributed by atoms with van der Waals surface area (Å²) in [4.78, 5) is 0.490. The molecule has 21 atom stereocenters. The molecule has 0 bridgehead atoms. The first-order chi connectivity index (χ1) is 37.1. The van der Waals surface area contributed by atoms with Gasteiger partial charge in [0.05, 0.1) is 38.6 Å². The van der Waals surface area contributed by atoms with E-state index in [-0.39, 0.29) is 52.8 Å². The highest BCUT2D eigenvalue weighted by Crippen LogP contribution is 2.71. The van der Waals surface area contributed by atoms with E-state index in [9.17, 15) is 58.5 Å². The molecule has 1 aliphatic heterocycles. The predicted molar refractivity (Wildman–Crippen MR) is 305 cm³/mol. The molecule has 3 N–H and O–H groups in total. The second-order valence-electron chi connectivity index (χ2n) is 29.2. The van der Waals surface area contributed by atoms with Gasteiger partial charge in [0.1, 0.15) is 0 Å². The van der Waals surface area contributed by atoms with Crippen molar-refractivity contribution in [2.45, 2.75) is 236 Å². The fraction of sp³-hybridized carbons (Fsp3) is 0.815. The van der Waals surface area contributed by atoms with Gasteiger partial charge in [0.2, 0.25) is 0 Å². The van der Waals surface area contributed by atoms with Crippen molar-refractivity contribution in [1.29, 1.82) is 0 Å². The first-order valence-electron chi connectivity index (χ1n) is 30.5. The van der Waals surface area contributed by atoms with Crippen LogP contribution in [0.5, 0.6) is 0 Å². The largest absolute Gasteiger partial charge is 0.416 e. The summed E-state index contributed by atoms with van der Waals surface area (Å²) >= 11 is 0. The van der Waals surface area contributed by atoms with Crippen LogP contribution in [0.15, 0.2) is 70.5 Å². The van der Waals surface area contributed by atoms with Crippen molar-refractivity contribution < 1.29 is 63.2 Å². The van der Waals surface area contributed by atoms with Crippen LogP contribution in [0.2, 0.25) is 0 Å². The van der Waals surface area contributed by atoms with Gasteiger partial charge in [0.15, 0.2) is 31.9 Å². The molecule has 81 heavy (non-hydrogen) atoms. The summed E-state index contributed by atoms with van der Waals surface area (Å²) in [6, 6.07) is 16.8. The lowest BCUT2D eigenvalue weighted by Gasteiger charge is -2.62. The first-order valence-corrected chi connectivity index (χ1v) is 33.7. The molecular weight excluding hydrogens is 1090 g/mol. The van der Waals surface area contributed by atoms with E-state index in [0.717, 1.165) is 88.4 Å². The maximum Gasteiger partial charge on any atom is 0.416 e. The molecule has 1 heterocycles. The lowest BCUT2D eigenvalue weighted by Crippen LogP contribution is -2.56. The third-order valence-electron chi connectivity index (χ3n) is 24.5. The summed E-state index contributed by atoms with van der Waals surface area (Å²) in [5.74, 6) is 5.44. The zero-order valence-electron chi connectivity index (χ0n) is 48.8. The van der Waals surface area contributed by atoms with Gasteiger partial charge in [-0.05, 0) is 253 Å². The number of epoxide rings is 1. The topological polar surface area (TPSA) is 141 Å². The van der Waals surface area contributed by atoms with Crippen LogP contribution in [0.25, 0.3) is 0 Å². The number of aliphatic hydroxyl groups excluding tert-OH is 1. The van der Waals surface area contributed by atoms with Crippen molar-refractivity contribution in [3.63, 3.8) is 0 Å². The molecule has 3 unspecified atom stereocenters. The minimum atomic E-state index is -4.87. The van der Waals surface area contributed by atoms with Gasteiger partial charge in [-0.15, -0.1) is 0 Å². The Morgan fingerprint density at radius 3 is 1.41 bits per heavy atom. The van der Waals surface area contributed by atoms with E-state index >= 15 is 0 Å². The average molecular weight is 1190 g/mol. The highest BCUT2D eigenvalue weighted by Gasteiger charge is 2.64. The van der Waals surface area contributed by atoms with Crippen molar-refractivity contribution in [1.82, 2.24) is 0 Å². The normalized spacial score (nSPS) is 42.3. The number of halogens is 6. The molecule has 11 rings (SSSR count). The van der Waals surface area contributed by atoms with Gasteiger partial charge in [0.25, 0.3) is 0 Å². The molecule has 0 spiro atoms. The molecule has 9 fully saturated rings. The minimum Gasteiger partial charge on any atom is -0.390 e. The summed E-state index contributed by atoms with van der Waals surface area (Å²) in [7, 11) is -7.35. The molecule has 0 radical (unpaired) electrons. The fourth-order valence-corrected chi connectivity index (χ4v) is 24.0. The lowest BCUT2D eigenvalue weighted by atomic mass is 9.43. The molecule has 0 amide bonds. The van der Waals surface area contributed by atoms with Gasteiger partial charge in [-0.2, -0.15) is 26.3 Å². The molecule has 2 aromatic carbocycles. The number of sulfone groups is 2. The predicted octanol–water partition coefficient (Wildman–Crippen LogP) is 15.3. The number of aliphatic hydroxyl groups is 3. The number of alkyl halides is 6. The number of rotatable bonds is 10. The van der Waals surface area contributed by atoms with Crippen LogP contribution in [0.3, 0.4) is 0 Å². The second kappa shape index (κ2) is 23.1. The Morgan fingerprint density at radius 1 is 0.568 bits per heavy atom. The molecule has 1 saturated heterocycles. The van der Waals surface area contributed by atoms with Crippen LogP contribution in [0, 0.1) is 92.7 Å². The molecule has 8 saturated carbocycles. The molecule has 16 heteroatoms. The van der Waals surface area contributed by atoms with Gasteiger partial charge >= 0.3 is 12.4 Å². The van der Waals surface area contributed by atoms with Crippen molar-refractivity contribution >= 4 is 19.7 Å². The summed E-state index contributed by atoms with van der Waals surface area (Å²) in [5, 5.41) is 30.3.